The molecule has 0 fully saturated rings. The molecule has 0 aromatic carbocycles. The average molecular weight is 238 g/mol. The van der Waals surface area contributed by atoms with E-state index in [-0.39, 0.29) is 0 Å². The molecule has 1 heteroatoms. The van der Waals surface area contributed by atoms with Crippen molar-refractivity contribution in [2.45, 2.75) is 77.0 Å². The zero-order valence-corrected chi connectivity index (χ0v) is 11.4. The molecule has 1 rings (SSSR count). The highest BCUT2D eigenvalue weighted by molar-refractivity contribution is 4.95. The van der Waals surface area contributed by atoms with Crippen molar-refractivity contribution in [1.82, 2.24) is 0 Å². The third-order valence-corrected chi connectivity index (χ3v) is 3.85. The zero-order valence-electron chi connectivity index (χ0n) is 11.4. The molecule has 1 aliphatic rings. The molecule has 1 unspecified atom stereocenters. The summed E-state index contributed by atoms with van der Waals surface area (Å²) >= 11 is 0. The molecular formula is C16H30O. The SMILES string of the molecule is OCCCCCCCCCCCC1C=CCC1. The lowest BCUT2D eigenvalue weighted by Crippen LogP contribution is -1.91. The van der Waals surface area contributed by atoms with Gasteiger partial charge in [-0.2, -0.15) is 0 Å². The van der Waals surface area contributed by atoms with Gasteiger partial charge in [0.1, 0.15) is 0 Å². The first kappa shape index (κ1) is 14.8. The predicted molar refractivity (Wildman–Crippen MR) is 75.1 cm³/mol. The standard InChI is InChI=1S/C16H30O/c17-15-11-7-5-3-1-2-4-6-8-12-16-13-9-10-14-16/h9,13,16-17H,1-8,10-12,14-15H2. The lowest BCUT2D eigenvalue weighted by atomic mass is 9.99. The fourth-order valence-corrected chi connectivity index (χ4v) is 2.69. The molecule has 0 saturated heterocycles. The van der Waals surface area contributed by atoms with Crippen LogP contribution in [0.1, 0.15) is 77.0 Å². The Morgan fingerprint density at radius 2 is 1.41 bits per heavy atom. The Labute approximate surface area is 107 Å². The summed E-state index contributed by atoms with van der Waals surface area (Å²) in [5.74, 6) is 0.911. The van der Waals surface area contributed by atoms with Gasteiger partial charge in [0, 0.05) is 6.61 Å². The van der Waals surface area contributed by atoms with Gasteiger partial charge in [0.05, 0.1) is 0 Å². The summed E-state index contributed by atoms with van der Waals surface area (Å²) in [6, 6.07) is 0. The Morgan fingerprint density at radius 1 is 0.824 bits per heavy atom. The smallest absolute Gasteiger partial charge is 0.0431 e. The molecule has 0 saturated carbocycles. The highest BCUT2D eigenvalue weighted by Gasteiger charge is 2.07. The summed E-state index contributed by atoms with van der Waals surface area (Å²) in [7, 11) is 0. The molecule has 0 amide bonds. The van der Waals surface area contributed by atoms with E-state index in [9.17, 15) is 0 Å². The van der Waals surface area contributed by atoms with Crippen LogP contribution in [0.2, 0.25) is 0 Å². The summed E-state index contributed by atoms with van der Waals surface area (Å²) in [4.78, 5) is 0. The van der Waals surface area contributed by atoms with Crippen molar-refractivity contribution >= 4 is 0 Å². The largest absolute Gasteiger partial charge is 0.396 e. The fourth-order valence-electron chi connectivity index (χ4n) is 2.69. The molecule has 0 radical (unpaired) electrons. The van der Waals surface area contributed by atoms with Gasteiger partial charge in [-0.25, -0.2) is 0 Å². The zero-order chi connectivity index (χ0) is 12.2. The minimum atomic E-state index is 0.371. The van der Waals surface area contributed by atoms with E-state index in [1.165, 1.54) is 70.6 Å². The molecule has 1 aliphatic carbocycles. The van der Waals surface area contributed by atoms with Crippen LogP contribution in [-0.2, 0) is 0 Å². The highest BCUT2D eigenvalue weighted by atomic mass is 16.2. The molecular weight excluding hydrogens is 208 g/mol. The van der Waals surface area contributed by atoms with E-state index in [0.717, 1.165) is 12.3 Å². The van der Waals surface area contributed by atoms with Crippen LogP contribution < -0.4 is 0 Å². The Balaban J connectivity index is 1.71. The number of aliphatic hydroxyl groups is 1. The normalized spacial score (nSPS) is 19.0. The molecule has 0 aromatic rings. The van der Waals surface area contributed by atoms with Crippen molar-refractivity contribution in [2.75, 3.05) is 6.61 Å². The van der Waals surface area contributed by atoms with Gasteiger partial charge in [-0.05, 0) is 31.6 Å². The summed E-state index contributed by atoms with van der Waals surface area (Å²) < 4.78 is 0. The maximum atomic E-state index is 8.65. The van der Waals surface area contributed by atoms with Gasteiger partial charge in [0.15, 0.2) is 0 Å². The molecule has 0 heterocycles. The van der Waals surface area contributed by atoms with E-state index in [1.54, 1.807) is 0 Å². The van der Waals surface area contributed by atoms with Crippen LogP contribution in [0.25, 0.3) is 0 Å². The fraction of sp³-hybridized carbons (Fsp3) is 0.875. The van der Waals surface area contributed by atoms with Crippen molar-refractivity contribution in [3.8, 4) is 0 Å². The first-order chi connectivity index (χ1) is 8.43. The molecule has 0 aliphatic heterocycles. The number of hydrogen-bond donors (Lipinski definition) is 1. The van der Waals surface area contributed by atoms with E-state index in [0.29, 0.717) is 6.61 Å². The monoisotopic (exact) mass is 238 g/mol. The first-order valence-corrected chi connectivity index (χ1v) is 7.71. The van der Waals surface area contributed by atoms with Gasteiger partial charge in [-0.3, -0.25) is 0 Å². The maximum absolute atomic E-state index is 8.65. The van der Waals surface area contributed by atoms with E-state index in [1.807, 2.05) is 0 Å². The number of hydrogen-bond acceptors (Lipinski definition) is 1. The van der Waals surface area contributed by atoms with Gasteiger partial charge in [-0.15, -0.1) is 0 Å². The second-order valence-corrected chi connectivity index (χ2v) is 5.46. The number of allylic oxidation sites excluding steroid dienone is 2. The summed E-state index contributed by atoms with van der Waals surface area (Å²) in [6.07, 6.45) is 20.9. The lowest BCUT2D eigenvalue weighted by Gasteiger charge is -2.06. The van der Waals surface area contributed by atoms with Gasteiger partial charge < -0.3 is 5.11 Å². The molecule has 1 N–H and O–H groups in total. The van der Waals surface area contributed by atoms with Crippen LogP contribution in [0.4, 0.5) is 0 Å². The third kappa shape index (κ3) is 8.43. The molecule has 0 bridgehead atoms. The molecule has 17 heavy (non-hydrogen) atoms. The van der Waals surface area contributed by atoms with Crippen LogP contribution >= 0.6 is 0 Å². The Bertz CT molecular complexity index is 186. The number of unbranched alkanes of at least 4 members (excludes halogenated alkanes) is 8. The average Bonchev–Trinajstić information content (AvgIpc) is 2.85. The number of rotatable bonds is 11. The minimum absolute atomic E-state index is 0.371. The van der Waals surface area contributed by atoms with Crippen molar-refractivity contribution in [3.63, 3.8) is 0 Å². The van der Waals surface area contributed by atoms with Crippen LogP contribution in [-0.4, -0.2) is 11.7 Å². The van der Waals surface area contributed by atoms with E-state index < -0.39 is 0 Å². The Hall–Kier alpha value is -0.300. The Kier molecular flexibility index (Phi) is 9.40. The van der Waals surface area contributed by atoms with Crippen molar-refractivity contribution in [3.05, 3.63) is 12.2 Å². The second kappa shape index (κ2) is 10.8. The maximum Gasteiger partial charge on any atom is 0.0431 e. The predicted octanol–water partition coefficient (Wildman–Crippen LogP) is 4.85. The van der Waals surface area contributed by atoms with E-state index in [2.05, 4.69) is 12.2 Å². The molecule has 1 atom stereocenters. The highest BCUT2D eigenvalue weighted by Crippen LogP contribution is 2.23. The lowest BCUT2D eigenvalue weighted by molar-refractivity contribution is 0.282. The molecule has 100 valence electrons. The van der Waals surface area contributed by atoms with Crippen LogP contribution in [0.3, 0.4) is 0 Å². The number of aliphatic hydroxyl groups excluding tert-OH is 1. The quantitative estimate of drug-likeness (QED) is 0.403. The summed E-state index contributed by atoms with van der Waals surface area (Å²) in [5, 5.41) is 8.65. The molecule has 1 nitrogen and oxygen atoms in total. The van der Waals surface area contributed by atoms with Crippen molar-refractivity contribution in [1.29, 1.82) is 0 Å². The minimum Gasteiger partial charge on any atom is -0.396 e. The molecule has 0 aromatic heterocycles. The van der Waals surface area contributed by atoms with Gasteiger partial charge in [0.2, 0.25) is 0 Å². The summed E-state index contributed by atoms with van der Waals surface area (Å²) in [6.45, 7) is 0.371. The second-order valence-electron chi connectivity index (χ2n) is 5.46. The van der Waals surface area contributed by atoms with Crippen LogP contribution in [0.15, 0.2) is 12.2 Å². The van der Waals surface area contributed by atoms with Crippen LogP contribution in [0, 0.1) is 5.92 Å². The molecule has 0 spiro atoms. The first-order valence-electron chi connectivity index (χ1n) is 7.71. The van der Waals surface area contributed by atoms with Gasteiger partial charge >= 0.3 is 0 Å². The summed E-state index contributed by atoms with van der Waals surface area (Å²) in [5.41, 5.74) is 0. The van der Waals surface area contributed by atoms with E-state index in [4.69, 9.17) is 5.11 Å². The Morgan fingerprint density at radius 3 is 1.94 bits per heavy atom. The third-order valence-electron chi connectivity index (χ3n) is 3.85. The van der Waals surface area contributed by atoms with Gasteiger partial charge in [-0.1, -0.05) is 63.5 Å². The topological polar surface area (TPSA) is 20.2 Å². The van der Waals surface area contributed by atoms with Crippen molar-refractivity contribution in [2.24, 2.45) is 5.92 Å². The van der Waals surface area contributed by atoms with Crippen LogP contribution in [0.5, 0.6) is 0 Å². The van der Waals surface area contributed by atoms with Gasteiger partial charge in [0.25, 0.3) is 0 Å². The van der Waals surface area contributed by atoms with Crippen molar-refractivity contribution < 1.29 is 5.11 Å². The van der Waals surface area contributed by atoms with E-state index >= 15 is 0 Å².